The van der Waals surface area contributed by atoms with Gasteiger partial charge in [-0.1, -0.05) is 44.2 Å². The zero-order valence-corrected chi connectivity index (χ0v) is 14.3. The van der Waals surface area contributed by atoms with Gasteiger partial charge in [-0.3, -0.25) is 0 Å². The second-order valence-corrected chi connectivity index (χ2v) is 6.68. The lowest BCUT2D eigenvalue weighted by atomic mass is 10.0. The largest absolute Gasteiger partial charge is 0.478 e. The van der Waals surface area contributed by atoms with Crippen molar-refractivity contribution in [1.82, 2.24) is 4.98 Å². The summed E-state index contributed by atoms with van der Waals surface area (Å²) >= 11 is 1.49. The monoisotopic (exact) mass is 338 g/mol. The van der Waals surface area contributed by atoms with E-state index in [-0.39, 0.29) is 5.56 Å². The van der Waals surface area contributed by atoms with Gasteiger partial charge in [-0.15, -0.1) is 11.3 Å². The standard InChI is InChI=1S/C19H18N2O2S/c1-12(2)13-6-8-14(9-7-13)17-11-24-19(21-17)20-16-5-3-4-15(10-16)18(22)23/h3-12H,1-2H3,(H,20,21)(H,22,23). The zero-order valence-electron chi connectivity index (χ0n) is 13.5. The summed E-state index contributed by atoms with van der Waals surface area (Å²) < 4.78 is 0. The Labute approximate surface area is 144 Å². The second-order valence-electron chi connectivity index (χ2n) is 5.83. The van der Waals surface area contributed by atoms with Crippen LogP contribution >= 0.6 is 11.3 Å². The van der Waals surface area contributed by atoms with Crippen LogP contribution in [0.5, 0.6) is 0 Å². The molecule has 0 aliphatic heterocycles. The van der Waals surface area contributed by atoms with Gasteiger partial charge in [0.15, 0.2) is 5.13 Å². The van der Waals surface area contributed by atoms with Gasteiger partial charge in [0.25, 0.3) is 0 Å². The molecule has 1 heterocycles. The molecular weight excluding hydrogens is 320 g/mol. The predicted octanol–water partition coefficient (Wildman–Crippen LogP) is 5.38. The van der Waals surface area contributed by atoms with Gasteiger partial charge >= 0.3 is 5.97 Å². The minimum absolute atomic E-state index is 0.251. The van der Waals surface area contributed by atoms with Gasteiger partial charge in [0.1, 0.15) is 0 Å². The molecule has 0 amide bonds. The number of hydrogen-bond acceptors (Lipinski definition) is 4. The summed E-state index contributed by atoms with van der Waals surface area (Å²) in [5, 5.41) is 14.9. The van der Waals surface area contributed by atoms with Gasteiger partial charge in [0.2, 0.25) is 0 Å². The van der Waals surface area contributed by atoms with E-state index in [4.69, 9.17) is 5.11 Å². The molecule has 0 fully saturated rings. The molecule has 0 bridgehead atoms. The molecule has 2 aromatic carbocycles. The fraction of sp³-hybridized carbons (Fsp3) is 0.158. The lowest BCUT2D eigenvalue weighted by Gasteiger charge is -2.05. The first kappa shape index (κ1) is 16.2. The minimum atomic E-state index is -0.941. The number of nitrogens with one attached hydrogen (secondary N) is 1. The Morgan fingerprint density at radius 2 is 1.92 bits per heavy atom. The number of hydrogen-bond donors (Lipinski definition) is 2. The van der Waals surface area contributed by atoms with Crippen LogP contribution in [0.4, 0.5) is 10.8 Å². The Bertz CT molecular complexity index is 854. The number of benzene rings is 2. The number of rotatable bonds is 5. The van der Waals surface area contributed by atoms with Crippen LogP contribution in [0.2, 0.25) is 0 Å². The number of nitrogens with zero attached hydrogens (tertiary/aromatic N) is 1. The first-order chi connectivity index (χ1) is 11.5. The molecule has 0 unspecified atom stereocenters. The first-order valence-corrected chi connectivity index (χ1v) is 8.57. The van der Waals surface area contributed by atoms with Crippen LogP contribution in [-0.2, 0) is 0 Å². The van der Waals surface area contributed by atoms with Gasteiger partial charge in [-0.05, 0) is 29.7 Å². The SMILES string of the molecule is CC(C)c1ccc(-c2csc(Nc3cccc(C(=O)O)c3)n2)cc1. The molecule has 0 radical (unpaired) electrons. The van der Waals surface area contributed by atoms with Crippen molar-refractivity contribution in [3.8, 4) is 11.3 Å². The fourth-order valence-electron chi connectivity index (χ4n) is 2.36. The number of carbonyl (C=O) groups is 1. The van der Waals surface area contributed by atoms with Crippen molar-refractivity contribution in [2.24, 2.45) is 0 Å². The Balaban J connectivity index is 1.78. The highest BCUT2D eigenvalue weighted by atomic mass is 32.1. The average molecular weight is 338 g/mol. The predicted molar refractivity (Wildman–Crippen MR) is 98.3 cm³/mol. The molecule has 0 atom stereocenters. The Morgan fingerprint density at radius 1 is 1.17 bits per heavy atom. The molecule has 0 saturated carbocycles. The van der Waals surface area contributed by atoms with E-state index in [1.54, 1.807) is 18.2 Å². The van der Waals surface area contributed by atoms with Crippen LogP contribution in [0.25, 0.3) is 11.3 Å². The second kappa shape index (κ2) is 6.84. The summed E-state index contributed by atoms with van der Waals surface area (Å²) in [6.45, 7) is 4.34. The number of thiazole rings is 1. The van der Waals surface area contributed by atoms with E-state index in [9.17, 15) is 4.79 Å². The normalized spacial score (nSPS) is 10.8. The van der Waals surface area contributed by atoms with Gasteiger partial charge in [-0.25, -0.2) is 9.78 Å². The summed E-state index contributed by atoms with van der Waals surface area (Å²) in [6, 6.07) is 15.1. The lowest BCUT2D eigenvalue weighted by Crippen LogP contribution is -1.97. The Morgan fingerprint density at radius 3 is 2.58 bits per heavy atom. The number of aromatic carboxylic acids is 1. The fourth-order valence-corrected chi connectivity index (χ4v) is 3.10. The van der Waals surface area contributed by atoms with Gasteiger partial charge in [0.05, 0.1) is 11.3 Å². The van der Waals surface area contributed by atoms with Crippen LogP contribution in [0.3, 0.4) is 0 Å². The quantitative estimate of drug-likeness (QED) is 0.656. The highest BCUT2D eigenvalue weighted by Crippen LogP contribution is 2.28. The van der Waals surface area contributed by atoms with Crippen molar-refractivity contribution in [3.63, 3.8) is 0 Å². The van der Waals surface area contributed by atoms with Crippen molar-refractivity contribution in [1.29, 1.82) is 0 Å². The van der Waals surface area contributed by atoms with E-state index in [2.05, 4.69) is 48.4 Å². The smallest absolute Gasteiger partial charge is 0.335 e. The highest BCUT2D eigenvalue weighted by molar-refractivity contribution is 7.14. The third-order valence-corrected chi connectivity index (χ3v) is 4.50. The first-order valence-electron chi connectivity index (χ1n) is 7.69. The summed E-state index contributed by atoms with van der Waals surface area (Å²) in [4.78, 5) is 15.6. The van der Waals surface area contributed by atoms with Gasteiger partial charge < -0.3 is 10.4 Å². The van der Waals surface area contributed by atoms with E-state index in [1.807, 2.05) is 11.4 Å². The van der Waals surface area contributed by atoms with Gasteiger partial charge in [-0.2, -0.15) is 0 Å². The number of carboxylic acids is 1. The highest BCUT2D eigenvalue weighted by Gasteiger charge is 2.08. The van der Waals surface area contributed by atoms with Crippen molar-refractivity contribution in [2.45, 2.75) is 19.8 Å². The molecule has 3 aromatic rings. The number of anilines is 2. The molecule has 0 aliphatic rings. The van der Waals surface area contributed by atoms with Crippen LogP contribution < -0.4 is 5.32 Å². The molecule has 0 saturated heterocycles. The summed E-state index contributed by atoms with van der Waals surface area (Å²) in [6.07, 6.45) is 0. The van der Waals surface area contributed by atoms with Crippen LogP contribution in [0.1, 0.15) is 35.7 Å². The van der Waals surface area contributed by atoms with Crippen LogP contribution in [0.15, 0.2) is 53.9 Å². The van der Waals surface area contributed by atoms with Gasteiger partial charge in [0, 0.05) is 16.6 Å². The maximum atomic E-state index is 11.0. The molecule has 2 N–H and O–H groups in total. The third-order valence-electron chi connectivity index (χ3n) is 3.74. The maximum absolute atomic E-state index is 11.0. The average Bonchev–Trinajstić information content (AvgIpc) is 3.03. The summed E-state index contributed by atoms with van der Waals surface area (Å²) in [5.74, 6) is -0.433. The maximum Gasteiger partial charge on any atom is 0.335 e. The van der Waals surface area contributed by atoms with Crippen molar-refractivity contribution >= 4 is 28.1 Å². The Kier molecular flexibility index (Phi) is 4.62. The van der Waals surface area contributed by atoms with Crippen molar-refractivity contribution in [2.75, 3.05) is 5.32 Å². The van der Waals surface area contributed by atoms with E-state index < -0.39 is 5.97 Å². The van der Waals surface area contributed by atoms with Crippen LogP contribution in [0, 0.1) is 0 Å². The topological polar surface area (TPSA) is 62.2 Å². The van der Waals surface area contributed by atoms with Crippen molar-refractivity contribution in [3.05, 3.63) is 65.0 Å². The molecule has 24 heavy (non-hydrogen) atoms. The molecule has 5 heteroatoms. The molecule has 122 valence electrons. The van der Waals surface area contributed by atoms with E-state index >= 15 is 0 Å². The molecule has 1 aromatic heterocycles. The molecule has 0 spiro atoms. The molecule has 4 nitrogen and oxygen atoms in total. The zero-order chi connectivity index (χ0) is 17.1. The molecule has 0 aliphatic carbocycles. The van der Waals surface area contributed by atoms with Crippen molar-refractivity contribution < 1.29 is 9.90 Å². The van der Waals surface area contributed by atoms with E-state index in [0.29, 0.717) is 11.6 Å². The number of aromatic nitrogens is 1. The number of carboxylic acid groups (broad SMARTS) is 1. The van der Waals surface area contributed by atoms with Crippen LogP contribution in [-0.4, -0.2) is 16.1 Å². The minimum Gasteiger partial charge on any atom is -0.478 e. The molecular formula is C19H18N2O2S. The van der Waals surface area contributed by atoms with E-state index in [0.717, 1.165) is 16.4 Å². The molecule has 3 rings (SSSR count). The van der Waals surface area contributed by atoms with E-state index in [1.165, 1.54) is 16.9 Å². The summed E-state index contributed by atoms with van der Waals surface area (Å²) in [7, 11) is 0. The third kappa shape index (κ3) is 3.63. The summed E-state index contributed by atoms with van der Waals surface area (Å²) in [5.41, 5.74) is 4.25. The lowest BCUT2D eigenvalue weighted by molar-refractivity contribution is 0.0697. The Hall–Kier alpha value is -2.66.